The average molecular weight is 282 g/mol. The molecule has 2 nitrogen and oxygen atoms in total. The second-order valence-electron chi connectivity index (χ2n) is 4.75. The van der Waals surface area contributed by atoms with Crippen molar-refractivity contribution in [3.05, 3.63) is 48.0 Å². The van der Waals surface area contributed by atoms with Gasteiger partial charge in [0.05, 0.1) is 11.8 Å². The van der Waals surface area contributed by atoms with E-state index in [-0.39, 0.29) is 5.56 Å². The van der Waals surface area contributed by atoms with E-state index in [1.807, 2.05) is 12.1 Å². The summed E-state index contributed by atoms with van der Waals surface area (Å²) in [6.07, 6.45) is -4.55. The van der Waals surface area contributed by atoms with Crippen LogP contribution in [0.5, 0.6) is 0 Å². The van der Waals surface area contributed by atoms with Crippen molar-refractivity contribution in [3.8, 4) is 0 Å². The lowest BCUT2D eigenvalue weighted by molar-refractivity contribution is -0.183. The summed E-state index contributed by atoms with van der Waals surface area (Å²) in [4.78, 5) is 11.2. The van der Waals surface area contributed by atoms with Crippen LogP contribution in [0.2, 0.25) is 0 Å². The van der Waals surface area contributed by atoms with Crippen LogP contribution in [0.3, 0.4) is 0 Å². The lowest BCUT2D eigenvalue weighted by Crippen LogP contribution is -2.31. The zero-order chi connectivity index (χ0) is 14.9. The van der Waals surface area contributed by atoms with Crippen molar-refractivity contribution in [2.24, 2.45) is 5.92 Å². The van der Waals surface area contributed by atoms with E-state index < -0.39 is 24.0 Å². The molecule has 5 heteroatoms. The first-order chi connectivity index (χ1) is 9.30. The minimum atomic E-state index is -4.55. The third-order valence-electron chi connectivity index (χ3n) is 3.41. The summed E-state index contributed by atoms with van der Waals surface area (Å²) in [6, 6.07) is 11.7. The molecule has 0 fully saturated rings. The normalized spacial score (nSPS) is 15.0. The van der Waals surface area contributed by atoms with E-state index in [2.05, 4.69) is 0 Å². The van der Waals surface area contributed by atoms with Gasteiger partial charge in [-0.05, 0) is 16.3 Å². The highest BCUT2D eigenvalue weighted by atomic mass is 19.4. The highest BCUT2D eigenvalue weighted by Crippen LogP contribution is 2.38. The first-order valence-corrected chi connectivity index (χ1v) is 6.09. The van der Waals surface area contributed by atoms with Gasteiger partial charge in [0.1, 0.15) is 0 Å². The Bertz CT molecular complexity index is 634. The molecule has 0 aliphatic rings. The maximum atomic E-state index is 12.8. The van der Waals surface area contributed by atoms with Gasteiger partial charge in [-0.2, -0.15) is 13.2 Å². The van der Waals surface area contributed by atoms with E-state index in [1.54, 1.807) is 18.2 Å². The molecule has 0 saturated heterocycles. The summed E-state index contributed by atoms with van der Waals surface area (Å²) in [5.41, 5.74) is 0.168. The average Bonchev–Trinajstić information content (AvgIpc) is 2.37. The predicted octanol–water partition coefficient (Wildman–Crippen LogP) is 4.21. The van der Waals surface area contributed by atoms with Crippen LogP contribution in [-0.2, 0) is 4.79 Å². The van der Waals surface area contributed by atoms with Crippen LogP contribution in [0.1, 0.15) is 18.4 Å². The van der Waals surface area contributed by atoms with Crippen molar-refractivity contribution in [1.29, 1.82) is 0 Å². The van der Waals surface area contributed by atoms with Gasteiger partial charge in [-0.3, -0.25) is 4.79 Å². The van der Waals surface area contributed by atoms with Crippen LogP contribution in [-0.4, -0.2) is 17.3 Å². The topological polar surface area (TPSA) is 37.3 Å². The minimum absolute atomic E-state index is 0.168. The highest BCUT2D eigenvalue weighted by Gasteiger charge is 2.45. The number of alkyl halides is 3. The molecule has 2 rings (SSSR count). The zero-order valence-electron chi connectivity index (χ0n) is 10.7. The van der Waals surface area contributed by atoms with E-state index in [1.165, 1.54) is 12.1 Å². The lowest BCUT2D eigenvalue weighted by atomic mass is 9.86. The van der Waals surface area contributed by atoms with E-state index in [0.29, 0.717) is 0 Å². The Morgan fingerprint density at radius 1 is 1.10 bits per heavy atom. The lowest BCUT2D eigenvalue weighted by Gasteiger charge is -2.23. The monoisotopic (exact) mass is 282 g/mol. The van der Waals surface area contributed by atoms with Crippen LogP contribution >= 0.6 is 0 Å². The van der Waals surface area contributed by atoms with E-state index in [9.17, 15) is 18.0 Å². The van der Waals surface area contributed by atoms with Gasteiger partial charge in [-0.1, -0.05) is 49.4 Å². The number of hydrogen-bond donors (Lipinski definition) is 1. The third-order valence-corrected chi connectivity index (χ3v) is 3.41. The predicted molar refractivity (Wildman–Crippen MR) is 69.5 cm³/mol. The number of carboxylic acid groups (broad SMARTS) is 1. The van der Waals surface area contributed by atoms with Gasteiger partial charge in [0.25, 0.3) is 0 Å². The highest BCUT2D eigenvalue weighted by molar-refractivity contribution is 5.85. The molecule has 0 bridgehead atoms. The van der Waals surface area contributed by atoms with Crippen molar-refractivity contribution in [2.75, 3.05) is 0 Å². The zero-order valence-corrected chi connectivity index (χ0v) is 10.7. The number of fused-ring (bicyclic) bond motifs is 1. The molecule has 2 aromatic rings. The molecule has 106 valence electrons. The van der Waals surface area contributed by atoms with Crippen molar-refractivity contribution >= 4 is 16.7 Å². The summed E-state index contributed by atoms with van der Waals surface area (Å²) in [6.45, 7) is 0.897. The number of aliphatic carboxylic acids is 1. The molecule has 0 spiro atoms. The second kappa shape index (κ2) is 5.15. The molecule has 0 heterocycles. The van der Waals surface area contributed by atoms with Crippen LogP contribution in [0.25, 0.3) is 10.8 Å². The van der Waals surface area contributed by atoms with Gasteiger partial charge in [-0.15, -0.1) is 0 Å². The Labute approximate surface area is 113 Å². The van der Waals surface area contributed by atoms with E-state index >= 15 is 0 Å². The van der Waals surface area contributed by atoms with Gasteiger partial charge >= 0.3 is 12.1 Å². The fourth-order valence-corrected chi connectivity index (χ4v) is 2.24. The van der Waals surface area contributed by atoms with Crippen molar-refractivity contribution in [1.82, 2.24) is 0 Å². The third kappa shape index (κ3) is 2.76. The van der Waals surface area contributed by atoms with Crippen LogP contribution in [0, 0.1) is 5.92 Å². The summed E-state index contributed by atoms with van der Waals surface area (Å²) in [7, 11) is 0. The summed E-state index contributed by atoms with van der Waals surface area (Å²) < 4.78 is 38.4. The summed E-state index contributed by atoms with van der Waals surface area (Å²) in [5.74, 6) is -5.01. The fourth-order valence-electron chi connectivity index (χ4n) is 2.24. The molecule has 2 aromatic carbocycles. The molecule has 0 aromatic heterocycles. The minimum Gasteiger partial charge on any atom is -0.481 e. The van der Waals surface area contributed by atoms with Crippen molar-refractivity contribution in [3.63, 3.8) is 0 Å². The molecule has 0 saturated carbocycles. The molecule has 2 atom stereocenters. The van der Waals surface area contributed by atoms with Gasteiger partial charge in [-0.25, -0.2) is 0 Å². The summed E-state index contributed by atoms with van der Waals surface area (Å²) in [5, 5.41) is 10.7. The van der Waals surface area contributed by atoms with Crippen molar-refractivity contribution in [2.45, 2.75) is 19.0 Å². The Morgan fingerprint density at radius 2 is 1.70 bits per heavy atom. The fraction of sp³-hybridized carbons (Fsp3) is 0.267. The molecule has 1 N–H and O–H groups in total. The van der Waals surface area contributed by atoms with Gasteiger partial charge in [0.15, 0.2) is 0 Å². The molecular weight excluding hydrogens is 269 g/mol. The van der Waals surface area contributed by atoms with Gasteiger partial charge in [0, 0.05) is 0 Å². The Balaban J connectivity index is 2.49. The summed E-state index contributed by atoms with van der Waals surface area (Å²) >= 11 is 0. The molecule has 0 radical (unpaired) electrons. The van der Waals surface area contributed by atoms with E-state index in [4.69, 9.17) is 5.11 Å². The Morgan fingerprint density at radius 3 is 2.25 bits per heavy atom. The largest absolute Gasteiger partial charge is 0.481 e. The maximum Gasteiger partial charge on any atom is 0.392 e. The smallest absolute Gasteiger partial charge is 0.392 e. The number of rotatable bonds is 3. The standard InChI is InChI=1S/C15H13F3O2/c1-9(15(16,17)18)13(14(19)20)12-7-6-10-4-2-3-5-11(10)8-12/h2-9,13H,1H3,(H,19,20). The van der Waals surface area contributed by atoms with Gasteiger partial charge < -0.3 is 5.11 Å². The Kier molecular flexibility index (Phi) is 3.70. The SMILES string of the molecule is CC(C(C(=O)O)c1ccc2ccccc2c1)C(F)(F)F. The van der Waals surface area contributed by atoms with Crippen LogP contribution in [0.4, 0.5) is 13.2 Å². The molecule has 0 aliphatic heterocycles. The van der Waals surface area contributed by atoms with Crippen LogP contribution < -0.4 is 0 Å². The first-order valence-electron chi connectivity index (χ1n) is 6.09. The van der Waals surface area contributed by atoms with E-state index in [0.717, 1.165) is 17.7 Å². The number of hydrogen-bond acceptors (Lipinski definition) is 1. The Hall–Kier alpha value is -2.04. The molecular formula is C15H13F3O2. The molecule has 20 heavy (non-hydrogen) atoms. The van der Waals surface area contributed by atoms with Crippen molar-refractivity contribution < 1.29 is 23.1 Å². The van der Waals surface area contributed by atoms with Crippen LogP contribution in [0.15, 0.2) is 42.5 Å². The van der Waals surface area contributed by atoms with Gasteiger partial charge in [0.2, 0.25) is 0 Å². The number of benzene rings is 2. The second-order valence-corrected chi connectivity index (χ2v) is 4.75. The first kappa shape index (κ1) is 14.4. The maximum absolute atomic E-state index is 12.8. The molecule has 0 amide bonds. The number of carbonyl (C=O) groups is 1. The quantitative estimate of drug-likeness (QED) is 0.915. The number of carboxylic acids is 1. The molecule has 0 aliphatic carbocycles. The molecule has 2 unspecified atom stereocenters. The number of halogens is 3.